The van der Waals surface area contributed by atoms with Gasteiger partial charge in [0, 0.05) is 0 Å². The highest BCUT2D eigenvalue weighted by Gasteiger charge is 2.20. The Hall–Kier alpha value is -0.930. The average molecular weight is 232 g/mol. The molecule has 1 aliphatic carbocycles. The van der Waals surface area contributed by atoms with E-state index < -0.39 is 17.6 Å². The Morgan fingerprint density at radius 1 is 1.25 bits per heavy atom. The van der Waals surface area contributed by atoms with Crippen molar-refractivity contribution < 1.29 is 18.3 Å². The van der Waals surface area contributed by atoms with Crippen LogP contribution in [0.4, 0.5) is 8.78 Å². The van der Waals surface area contributed by atoms with E-state index in [9.17, 15) is 13.6 Å². The molecule has 0 aromatic carbocycles. The SMILES string of the molecule is COC(=O)C(CCC1CCCCC1)=C(F)F. The molecule has 0 bridgehead atoms. The number of methoxy groups -OCH3 is 1. The van der Waals surface area contributed by atoms with Gasteiger partial charge in [-0.25, -0.2) is 4.79 Å². The summed E-state index contributed by atoms with van der Waals surface area (Å²) in [6, 6.07) is 0. The molecule has 0 aromatic heterocycles. The maximum absolute atomic E-state index is 12.5. The Morgan fingerprint density at radius 2 is 1.88 bits per heavy atom. The van der Waals surface area contributed by atoms with Crippen LogP contribution in [-0.2, 0) is 9.53 Å². The largest absolute Gasteiger partial charge is 0.466 e. The Kier molecular flexibility index (Phi) is 5.43. The van der Waals surface area contributed by atoms with Gasteiger partial charge in [0.05, 0.1) is 7.11 Å². The summed E-state index contributed by atoms with van der Waals surface area (Å²) >= 11 is 0. The van der Waals surface area contributed by atoms with Gasteiger partial charge in [-0.15, -0.1) is 0 Å². The molecule has 1 rings (SSSR count). The minimum Gasteiger partial charge on any atom is -0.466 e. The van der Waals surface area contributed by atoms with Crippen LogP contribution < -0.4 is 0 Å². The molecule has 92 valence electrons. The van der Waals surface area contributed by atoms with Crippen molar-refractivity contribution in [2.45, 2.75) is 44.9 Å². The minimum atomic E-state index is -1.90. The topological polar surface area (TPSA) is 26.3 Å². The van der Waals surface area contributed by atoms with Gasteiger partial charge in [0.15, 0.2) is 0 Å². The highest BCUT2D eigenvalue weighted by molar-refractivity contribution is 5.88. The summed E-state index contributed by atoms with van der Waals surface area (Å²) in [6.45, 7) is 0. The first-order chi connectivity index (χ1) is 7.65. The van der Waals surface area contributed by atoms with Gasteiger partial charge >= 0.3 is 5.97 Å². The van der Waals surface area contributed by atoms with Crippen LogP contribution in [0, 0.1) is 5.92 Å². The monoisotopic (exact) mass is 232 g/mol. The van der Waals surface area contributed by atoms with E-state index in [0.29, 0.717) is 12.3 Å². The fraction of sp³-hybridized carbons (Fsp3) is 0.750. The number of ether oxygens (including phenoxy) is 1. The number of carbonyl (C=O) groups is 1. The molecule has 16 heavy (non-hydrogen) atoms. The first-order valence-corrected chi connectivity index (χ1v) is 5.77. The Labute approximate surface area is 94.7 Å². The standard InChI is InChI=1S/C12H18F2O2/c1-16-12(15)10(11(13)14)8-7-9-5-3-2-4-6-9/h9H,2-8H2,1H3. The van der Waals surface area contributed by atoms with Crippen molar-refractivity contribution in [1.82, 2.24) is 0 Å². The lowest BCUT2D eigenvalue weighted by molar-refractivity contribution is -0.136. The number of halogens is 2. The summed E-state index contributed by atoms with van der Waals surface area (Å²) in [6.07, 6.45) is 4.71. The number of hydrogen-bond acceptors (Lipinski definition) is 2. The minimum absolute atomic E-state index is 0.139. The maximum atomic E-state index is 12.5. The molecule has 1 aliphatic rings. The van der Waals surface area contributed by atoms with E-state index in [1.807, 2.05) is 0 Å². The predicted octanol–water partition coefficient (Wildman–Crippen LogP) is 3.67. The lowest BCUT2D eigenvalue weighted by Gasteiger charge is -2.21. The van der Waals surface area contributed by atoms with Gasteiger partial charge in [-0.2, -0.15) is 8.78 Å². The number of carbonyl (C=O) groups excluding carboxylic acids is 1. The Morgan fingerprint density at radius 3 is 2.38 bits per heavy atom. The highest BCUT2D eigenvalue weighted by Crippen LogP contribution is 2.29. The first kappa shape index (κ1) is 13.1. The van der Waals surface area contributed by atoms with E-state index in [0.717, 1.165) is 20.0 Å². The zero-order chi connectivity index (χ0) is 12.0. The van der Waals surface area contributed by atoms with Crippen LogP contribution in [0.2, 0.25) is 0 Å². The molecule has 2 nitrogen and oxygen atoms in total. The summed E-state index contributed by atoms with van der Waals surface area (Å²) in [5.41, 5.74) is -0.451. The third kappa shape index (κ3) is 3.91. The van der Waals surface area contributed by atoms with E-state index in [1.165, 1.54) is 19.3 Å². The van der Waals surface area contributed by atoms with E-state index in [1.54, 1.807) is 0 Å². The van der Waals surface area contributed by atoms with Gasteiger partial charge in [0.2, 0.25) is 0 Å². The first-order valence-electron chi connectivity index (χ1n) is 5.77. The summed E-state index contributed by atoms with van der Waals surface area (Å²) in [5.74, 6) is -0.399. The molecule has 1 fully saturated rings. The molecule has 0 atom stereocenters. The van der Waals surface area contributed by atoms with Crippen molar-refractivity contribution >= 4 is 5.97 Å². The van der Waals surface area contributed by atoms with Crippen LogP contribution in [0.3, 0.4) is 0 Å². The molecule has 0 aliphatic heterocycles. The van der Waals surface area contributed by atoms with Crippen molar-refractivity contribution in [1.29, 1.82) is 0 Å². The average Bonchev–Trinajstić information content (AvgIpc) is 2.30. The second-order valence-corrected chi connectivity index (χ2v) is 4.27. The predicted molar refractivity (Wildman–Crippen MR) is 57.1 cm³/mol. The van der Waals surface area contributed by atoms with Gasteiger partial charge in [0.25, 0.3) is 6.08 Å². The normalized spacial score (nSPS) is 16.9. The van der Waals surface area contributed by atoms with Gasteiger partial charge < -0.3 is 4.74 Å². The number of esters is 1. The molecule has 0 radical (unpaired) electrons. The second kappa shape index (κ2) is 6.61. The van der Waals surface area contributed by atoms with Crippen molar-refractivity contribution in [3.05, 3.63) is 11.7 Å². The zero-order valence-electron chi connectivity index (χ0n) is 9.60. The van der Waals surface area contributed by atoms with E-state index in [-0.39, 0.29) is 6.42 Å². The lowest BCUT2D eigenvalue weighted by atomic mass is 9.85. The third-order valence-corrected chi connectivity index (χ3v) is 3.19. The van der Waals surface area contributed by atoms with Crippen molar-refractivity contribution in [3.63, 3.8) is 0 Å². The summed E-state index contributed by atoms with van der Waals surface area (Å²) in [4.78, 5) is 11.1. The van der Waals surface area contributed by atoms with Crippen molar-refractivity contribution in [2.75, 3.05) is 7.11 Å². The number of hydrogen-bond donors (Lipinski definition) is 0. The van der Waals surface area contributed by atoms with Crippen LogP contribution in [0.25, 0.3) is 0 Å². The van der Waals surface area contributed by atoms with E-state index >= 15 is 0 Å². The van der Waals surface area contributed by atoms with Crippen LogP contribution in [-0.4, -0.2) is 13.1 Å². The highest BCUT2D eigenvalue weighted by atomic mass is 19.3. The molecule has 0 unspecified atom stereocenters. The molecular weight excluding hydrogens is 214 g/mol. The third-order valence-electron chi connectivity index (χ3n) is 3.19. The van der Waals surface area contributed by atoms with E-state index in [2.05, 4.69) is 4.74 Å². The lowest BCUT2D eigenvalue weighted by Crippen LogP contribution is -2.10. The van der Waals surface area contributed by atoms with Crippen LogP contribution in [0.15, 0.2) is 11.7 Å². The Balaban J connectivity index is 2.44. The molecule has 0 N–H and O–H groups in total. The van der Waals surface area contributed by atoms with Crippen molar-refractivity contribution in [3.8, 4) is 0 Å². The zero-order valence-corrected chi connectivity index (χ0v) is 9.60. The smallest absolute Gasteiger partial charge is 0.339 e. The molecular formula is C12H18F2O2. The van der Waals surface area contributed by atoms with E-state index in [4.69, 9.17) is 0 Å². The summed E-state index contributed by atoms with van der Waals surface area (Å²) in [7, 11) is 1.13. The fourth-order valence-corrected chi connectivity index (χ4v) is 2.22. The van der Waals surface area contributed by atoms with Gasteiger partial charge in [-0.1, -0.05) is 32.1 Å². The molecule has 0 aromatic rings. The molecule has 1 saturated carbocycles. The van der Waals surface area contributed by atoms with Crippen LogP contribution in [0.1, 0.15) is 44.9 Å². The molecule has 0 spiro atoms. The second-order valence-electron chi connectivity index (χ2n) is 4.27. The van der Waals surface area contributed by atoms with Crippen LogP contribution in [0.5, 0.6) is 0 Å². The number of rotatable bonds is 4. The molecule has 4 heteroatoms. The quantitative estimate of drug-likeness (QED) is 0.546. The Bertz CT molecular complexity index is 264. The molecule has 0 saturated heterocycles. The molecule has 0 heterocycles. The van der Waals surface area contributed by atoms with Gasteiger partial charge in [-0.3, -0.25) is 0 Å². The summed E-state index contributed by atoms with van der Waals surface area (Å²) in [5, 5.41) is 0. The maximum Gasteiger partial charge on any atom is 0.339 e. The fourth-order valence-electron chi connectivity index (χ4n) is 2.22. The molecule has 0 amide bonds. The van der Waals surface area contributed by atoms with Gasteiger partial charge in [0.1, 0.15) is 5.57 Å². The van der Waals surface area contributed by atoms with Gasteiger partial charge in [-0.05, 0) is 18.8 Å². The van der Waals surface area contributed by atoms with Crippen molar-refractivity contribution in [2.24, 2.45) is 5.92 Å². The van der Waals surface area contributed by atoms with Crippen LogP contribution >= 0.6 is 0 Å². The summed E-state index contributed by atoms with van der Waals surface area (Å²) < 4.78 is 29.3.